The first-order valence-corrected chi connectivity index (χ1v) is 3.23. The van der Waals surface area contributed by atoms with Crippen LogP contribution in [0.3, 0.4) is 0 Å². The molecule has 58 valence electrons. The quantitative estimate of drug-likeness (QED) is 0.453. The van der Waals surface area contributed by atoms with Gasteiger partial charge in [0.15, 0.2) is 0 Å². The molecule has 0 aliphatic heterocycles. The topological polar surface area (TPSA) is 44.3 Å². The summed E-state index contributed by atoms with van der Waals surface area (Å²) in [5, 5.41) is 13.6. The van der Waals surface area contributed by atoms with Crippen molar-refractivity contribution in [2.75, 3.05) is 33.8 Å². The number of nitrogens with one attached hydrogen (secondary N) is 2. The first kappa shape index (κ1) is 11.6. The van der Waals surface area contributed by atoms with Crippen LogP contribution in [-0.4, -0.2) is 38.9 Å². The van der Waals surface area contributed by atoms with Gasteiger partial charge in [-0.05, 0) is 21.0 Å². The van der Waals surface area contributed by atoms with Gasteiger partial charge in [-0.3, -0.25) is 0 Å². The molecule has 0 fully saturated rings. The molecule has 3 heteroatoms. The van der Waals surface area contributed by atoms with Crippen molar-refractivity contribution in [2.24, 2.45) is 0 Å². The molecule has 0 atom stereocenters. The van der Waals surface area contributed by atoms with Crippen LogP contribution in [0.5, 0.6) is 0 Å². The lowest BCUT2D eigenvalue weighted by atomic mass is 10.6. The van der Waals surface area contributed by atoms with Crippen LogP contribution in [0.2, 0.25) is 0 Å². The second-order valence-electron chi connectivity index (χ2n) is 1.52. The molecule has 9 heavy (non-hydrogen) atoms. The summed E-state index contributed by atoms with van der Waals surface area (Å²) in [6.45, 7) is 4.03. The van der Waals surface area contributed by atoms with Gasteiger partial charge in [0, 0.05) is 19.7 Å². The van der Waals surface area contributed by atoms with Gasteiger partial charge in [0.2, 0.25) is 0 Å². The second kappa shape index (κ2) is 15.7. The van der Waals surface area contributed by atoms with Gasteiger partial charge in [0.05, 0.1) is 0 Å². The second-order valence-corrected chi connectivity index (χ2v) is 1.52. The van der Waals surface area contributed by atoms with Crippen LogP contribution in [0, 0.1) is 0 Å². The lowest BCUT2D eigenvalue weighted by Crippen LogP contribution is -2.21. The molecule has 3 nitrogen and oxygen atoms in total. The van der Waals surface area contributed by atoms with E-state index in [1.54, 1.807) is 6.92 Å². The number of aliphatic hydroxyl groups excluding tert-OH is 1. The minimum Gasteiger partial charge on any atom is -0.397 e. The molecular formula is C6H18N2O. The van der Waals surface area contributed by atoms with Gasteiger partial charge >= 0.3 is 0 Å². The maximum absolute atomic E-state index is 7.57. The fourth-order valence-electron chi connectivity index (χ4n) is 0.250. The summed E-state index contributed by atoms with van der Waals surface area (Å²) in [6, 6.07) is 0. The Morgan fingerprint density at radius 3 is 1.44 bits per heavy atom. The highest BCUT2D eigenvalue weighted by molar-refractivity contribution is 4.38. The lowest BCUT2D eigenvalue weighted by Gasteiger charge is -1.92. The van der Waals surface area contributed by atoms with E-state index in [0.717, 1.165) is 13.1 Å². The number of likely N-dealkylation sites (N-methyl/N-ethyl adjacent to an activating group) is 2. The maximum atomic E-state index is 7.57. The van der Waals surface area contributed by atoms with E-state index in [0.29, 0.717) is 0 Å². The van der Waals surface area contributed by atoms with Crippen molar-refractivity contribution in [1.82, 2.24) is 10.6 Å². The molecule has 0 bridgehead atoms. The average molecular weight is 134 g/mol. The average Bonchev–Trinajstić information content (AvgIpc) is 1.86. The van der Waals surface area contributed by atoms with E-state index in [4.69, 9.17) is 5.11 Å². The molecule has 0 heterocycles. The van der Waals surface area contributed by atoms with Crippen LogP contribution in [-0.2, 0) is 0 Å². The molecular weight excluding hydrogens is 116 g/mol. The molecule has 0 spiro atoms. The minimum absolute atomic E-state index is 0.250. The van der Waals surface area contributed by atoms with E-state index >= 15 is 0 Å². The lowest BCUT2D eigenvalue weighted by molar-refractivity contribution is 0.318. The number of aliphatic hydroxyl groups is 1. The monoisotopic (exact) mass is 134 g/mol. The number of rotatable bonds is 3. The summed E-state index contributed by atoms with van der Waals surface area (Å²) >= 11 is 0. The fourth-order valence-corrected chi connectivity index (χ4v) is 0.250. The molecule has 0 saturated carbocycles. The zero-order valence-electron chi connectivity index (χ0n) is 6.57. The maximum Gasteiger partial charge on any atom is 0.0402 e. The van der Waals surface area contributed by atoms with Crippen molar-refractivity contribution in [1.29, 1.82) is 0 Å². The smallest absolute Gasteiger partial charge is 0.0402 e. The Morgan fingerprint density at radius 2 is 1.33 bits per heavy atom. The van der Waals surface area contributed by atoms with Gasteiger partial charge in [0.1, 0.15) is 0 Å². The Bertz CT molecular complexity index is 30.2. The van der Waals surface area contributed by atoms with Crippen LogP contribution in [0.15, 0.2) is 0 Å². The summed E-state index contributed by atoms with van der Waals surface area (Å²) in [5.74, 6) is 0. The van der Waals surface area contributed by atoms with E-state index < -0.39 is 0 Å². The Kier molecular flexibility index (Phi) is 20.3. The van der Waals surface area contributed by atoms with Gasteiger partial charge < -0.3 is 15.7 Å². The zero-order chi connectivity index (χ0) is 7.54. The number of hydrogen-bond acceptors (Lipinski definition) is 3. The fraction of sp³-hybridized carbons (Fsp3) is 1.00. The predicted molar refractivity (Wildman–Crippen MR) is 40.6 cm³/mol. The van der Waals surface area contributed by atoms with Crippen molar-refractivity contribution in [2.45, 2.75) is 6.92 Å². The van der Waals surface area contributed by atoms with Gasteiger partial charge in [0.25, 0.3) is 0 Å². The van der Waals surface area contributed by atoms with E-state index in [2.05, 4.69) is 10.6 Å². The van der Waals surface area contributed by atoms with Crippen molar-refractivity contribution in [3.05, 3.63) is 0 Å². The van der Waals surface area contributed by atoms with Crippen molar-refractivity contribution in [3.8, 4) is 0 Å². The third kappa shape index (κ3) is 32.8. The van der Waals surface area contributed by atoms with E-state index in [9.17, 15) is 0 Å². The van der Waals surface area contributed by atoms with Crippen molar-refractivity contribution >= 4 is 0 Å². The Morgan fingerprint density at radius 1 is 1.11 bits per heavy atom. The third-order valence-electron chi connectivity index (χ3n) is 0.625. The molecule has 0 amide bonds. The molecule has 0 aliphatic carbocycles. The van der Waals surface area contributed by atoms with Gasteiger partial charge in [-0.15, -0.1) is 0 Å². The highest BCUT2D eigenvalue weighted by atomic mass is 16.2. The molecule has 0 aromatic heterocycles. The summed E-state index contributed by atoms with van der Waals surface area (Å²) in [6.07, 6.45) is 0. The highest BCUT2D eigenvalue weighted by Gasteiger charge is 1.70. The van der Waals surface area contributed by atoms with Gasteiger partial charge in [-0.1, -0.05) is 0 Å². The number of hydrogen-bond donors (Lipinski definition) is 3. The molecule has 0 aromatic carbocycles. The normalized spacial score (nSPS) is 8.00. The summed E-state index contributed by atoms with van der Waals surface area (Å²) in [7, 11) is 3.88. The van der Waals surface area contributed by atoms with Crippen LogP contribution >= 0.6 is 0 Å². The van der Waals surface area contributed by atoms with Gasteiger partial charge in [-0.2, -0.15) is 0 Å². The Balaban J connectivity index is 0. The molecule has 0 aromatic rings. The first-order valence-electron chi connectivity index (χ1n) is 3.23. The SMILES string of the molecule is CCO.CNCCNC. The molecule has 3 N–H and O–H groups in total. The van der Waals surface area contributed by atoms with Gasteiger partial charge in [-0.25, -0.2) is 0 Å². The van der Waals surface area contributed by atoms with Crippen molar-refractivity contribution < 1.29 is 5.11 Å². The highest BCUT2D eigenvalue weighted by Crippen LogP contribution is 1.45. The molecule has 0 unspecified atom stereocenters. The molecule has 0 aliphatic rings. The predicted octanol–water partition coefficient (Wildman–Crippen LogP) is -0.576. The third-order valence-corrected chi connectivity index (χ3v) is 0.625. The minimum atomic E-state index is 0.250. The Hall–Kier alpha value is -0.120. The molecule has 0 saturated heterocycles. The van der Waals surface area contributed by atoms with E-state index in [-0.39, 0.29) is 6.61 Å². The first-order chi connectivity index (χ1) is 4.33. The van der Waals surface area contributed by atoms with Crippen LogP contribution in [0.4, 0.5) is 0 Å². The largest absolute Gasteiger partial charge is 0.397 e. The van der Waals surface area contributed by atoms with Crippen LogP contribution < -0.4 is 10.6 Å². The van der Waals surface area contributed by atoms with Crippen LogP contribution in [0.25, 0.3) is 0 Å². The summed E-state index contributed by atoms with van der Waals surface area (Å²) in [5.41, 5.74) is 0. The van der Waals surface area contributed by atoms with E-state index in [1.165, 1.54) is 0 Å². The summed E-state index contributed by atoms with van der Waals surface area (Å²) in [4.78, 5) is 0. The summed E-state index contributed by atoms with van der Waals surface area (Å²) < 4.78 is 0. The van der Waals surface area contributed by atoms with E-state index in [1.807, 2.05) is 14.1 Å². The zero-order valence-corrected chi connectivity index (χ0v) is 6.57. The molecule has 0 radical (unpaired) electrons. The standard InChI is InChI=1S/C4H12N2.C2H6O/c1-5-3-4-6-2;1-2-3/h5-6H,3-4H2,1-2H3;3H,2H2,1H3. The van der Waals surface area contributed by atoms with Crippen LogP contribution in [0.1, 0.15) is 6.92 Å². The van der Waals surface area contributed by atoms with Crippen molar-refractivity contribution in [3.63, 3.8) is 0 Å². The Labute approximate surface area is 57.5 Å². The molecule has 0 rings (SSSR count).